The van der Waals surface area contributed by atoms with E-state index in [1.165, 1.54) is 12.5 Å². The smallest absolute Gasteiger partial charge is 0.360 e. The molecule has 28 heavy (non-hydrogen) atoms. The second kappa shape index (κ2) is 7.92. The second-order valence-electron chi connectivity index (χ2n) is 6.40. The van der Waals surface area contributed by atoms with Gasteiger partial charge in [0, 0.05) is 11.8 Å². The average molecular weight is 369 g/mol. The van der Waals surface area contributed by atoms with E-state index in [1.807, 2.05) is 54.6 Å². The summed E-state index contributed by atoms with van der Waals surface area (Å²) < 4.78 is 10.8. The van der Waals surface area contributed by atoms with Gasteiger partial charge in [-0.2, -0.15) is 0 Å². The number of methoxy groups -OCH3 is 1. The molecule has 0 spiro atoms. The normalized spacial score (nSPS) is 10.6. The summed E-state index contributed by atoms with van der Waals surface area (Å²) in [7, 11) is 1.34. The van der Waals surface area contributed by atoms with Crippen molar-refractivity contribution in [3.8, 4) is 16.9 Å². The van der Waals surface area contributed by atoms with Gasteiger partial charge in [-0.15, -0.1) is 0 Å². The van der Waals surface area contributed by atoms with Crippen LogP contribution in [0.4, 0.5) is 0 Å². The Labute approximate surface area is 163 Å². The van der Waals surface area contributed by atoms with Crippen LogP contribution in [0.2, 0.25) is 0 Å². The number of fused-ring (bicyclic) bond motifs is 1. The van der Waals surface area contributed by atoms with E-state index >= 15 is 0 Å². The third-order valence-electron chi connectivity index (χ3n) is 4.55. The molecule has 3 aromatic carbocycles. The number of aromatic nitrogens is 1. The molecule has 4 heteroatoms. The molecule has 0 aliphatic rings. The first-order valence-electron chi connectivity index (χ1n) is 8.99. The van der Waals surface area contributed by atoms with Crippen molar-refractivity contribution in [2.75, 3.05) is 7.11 Å². The van der Waals surface area contributed by atoms with E-state index in [2.05, 4.69) is 29.2 Å². The molecule has 0 bridgehead atoms. The summed E-state index contributed by atoms with van der Waals surface area (Å²) in [5.41, 5.74) is 3.06. The molecule has 1 aromatic heterocycles. The van der Waals surface area contributed by atoms with Crippen molar-refractivity contribution in [3.63, 3.8) is 0 Å². The van der Waals surface area contributed by atoms with Gasteiger partial charge in [-0.05, 0) is 34.0 Å². The summed E-state index contributed by atoms with van der Waals surface area (Å²) in [6.07, 6.45) is 1.67. The van der Waals surface area contributed by atoms with Gasteiger partial charge in [0.05, 0.1) is 7.11 Å². The second-order valence-corrected chi connectivity index (χ2v) is 6.40. The number of carbonyl (C=O) groups excluding carboxylic acids is 1. The molecule has 0 amide bonds. The molecule has 4 aromatic rings. The molecule has 4 rings (SSSR count). The number of nitrogens with zero attached hydrogens (tertiary/aromatic N) is 1. The molecule has 138 valence electrons. The Balaban J connectivity index is 1.70. The van der Waals surface area contributed by atoms with Gasteiger partial charge < -0.3 is 9.47 Å². The minimum absolute atomic E-state index is 0.169. The minimum Gasteiger partial charge on any atom is -0.486 e. The lowest BCUT2D eigenvalue weighted by Gasteiger charge is -2.12. The summed E-state index contributed by atoms with van der Waals surface area (Å²) in [4.78, 5) is 16.4. The van der Waals surface area contributed by atoms with Crippen molar-refractivity contribution in [1.29, 1.82) is 0 Å². The molecule has 0 saturated heterocycles. The van der Waals surface area contributed by atoms with E-state index < -0.39 is 5.97 Å². The SMILES string of the molecule is COC(=O)c1ncc(-c2ccc3ccccc3c2)cc1OCc1ccccc1. The van der Waals surface area contributed by atoms with Crippen LogP contribution >= 0.6 is 0 Å². The van der Waals surface area contributed by atoms with E-state index in [-0.39, 0.29) is 5.69 Å². The lowest BCUT2D eigenvalue weighted by Crippen LogP contribution is -2.08. The number of benzene rings is 3. The Hall–Kier alpha value is -3.66. The highest BCUT2D eigenvalue weighted by molar-refractivity contribution is 5.92. The van der Waals surface area contributed by atoms with Gasteiger partial charge in [0.1, 0.15) is 6.61 Å². The van der Waals surface area contributed by atoms with Crippen LogP contribution in [0.25, 0.3) is 21.9 Å². The number of rotatable bonds is 5. The lowest BCUT2D eigenvalue weighted by atomic mass is 10.0. The topological polar surface area (TPSA) is 48.4 Å². The van der Waals surface area contributed by atoms with Crippen LogP contribution in [0, 0.1) is 0 Å². The molecule has 4 nitrogen and oxygen atoms in total. The molecule has 0 radical (unpaired) electrons. The van der Waals surface area contributed by atoms with Crippen molar-refractivity contribution in [1.82, 2.24) is 4.98 Å². The number of ether oxygens (including phenoxy) is 2. The molecular weight excluding hydrogens is 350 g/mol. The van der Waals surface area contributed by atoms with Crippen molar-refractivity contribution < 1.29 is 14.3 Å². The maximum atomic E-state index is 12.1. The van der Waals surface area contributed by atoms with Gasteiger partial charge >= 0.3 is 5.97 Å². The standard InChI is InChI=1S/C24H19NO3/c1-27-24(26)23-22(28-16-17-7-3-2-4-8-17)14-21(15-25-23)20-12-11-18-9-5-6-10-19(18)13-20/h2-15H,16H2,1H3. The van der Waals surface area contributed by atoms with E-state index in [0.29, 0.717) is 12.4 Å². The quantitative estimate of drug-likeness (QED) is 0.450. The van der Waals surface area contributed by atoms with E-state index in [0.717, 1.165) is 22.1 Å². The molecule has 0 fully saturated rings. The first kappa shape index (κ1) is 17.7. The zero-order valence-electron chi connectivity index (χ0n) is 15.5. The van der Waals surface area contributed by atoms with Crippen molar-refractivity contribution in [2.45, 2.75) is 6.61 Å². The highest BCUT2D eigenvalue weighted by Crippen LogP contribution is 2.29. The van der Waals surface area contributed by atoms with Crippen LogP contribution in [0.1, 0.15) is 16.1 Å². The molecule has 1 heterocycles. The molecule has 0 N–H and O–H groups in total. The molecule has 0 unspecified atom stereocenters. The zero-order valence-corrected chi connectivity index (χ0v) is 15.5. The van der Waals surface area contributed by atoms with Crippen LogP contribution in [0.15, 0.2) is 85.1 Å². The summed E-state index contributed by atoms with van der Waals surface area (Å²) in [5, 5.41) is 2.31. The zero-order chi connectivity index (χ0) is 19.3. The lowest BCUT2D eigenvalue weighted by molar-refractivity contribution is 0.0588. The van der Waals surface area contributed by atoms with Gasteiger partial charge in [0.2, 0.25) is 0 Å². The van der Waals surface area contributed by atoms with Crippen LogP contribution < -0.4 is 4.74 Å². The third-order valence-corrected chi connectivity index (χ3v) is 4.55. The first-order valence-corrected chi connectivity index (χ1v) is 8.99. The largest absolute Gasteiger partial charge is 0.486 e. The fourth-order valence-corrected chi connectivity index (χ4v) is 3.07. The third kappa shape index (κ3) is 3.71. The first-order chi connectivity index (χ1) is 13.7. The van der Waals surface area contributed by atoms with Crippen LogP contribution in [-0.2, 0) is 11.3 Å². The van der Waals surface area contributed by atoms with E-state index in [1.54, 1.807) is 6.20 Å². The van der Waals surface area contributed by atoms with E-state index in [9.17, 15) is 4.79 Å². The Morgan fingerprint density at radius 2 is 1.61 bits per heavy atom. The predicted molar refractivity (Wildman–Crippen MR) is 109 cm³/mol. The summed E-state index contributed by atoms with van der Waals surface area (Å²) >= 11 is 0. The van der Waals surface area contributed by atoms with Crippen LogP contribution in [-0.4, -0.2) is 18.1 Å². The molecular formula is C24H19NO3. The maximum Gasteiger partial charge on any atom is 0.360 e. The van der Waals surface area contributed by atoms with Gasteiger partial charge in [-0.3, -0.25) is 0 Å². The van der Waals surface area contributed by atoms with Crippen molar-refractivity contribution >= 4 is 16.7 Å². The highest BCUT2D eigenvalue weighted by Gasteiger charge is 2.17. The Morgan fingerprint density at radius 1 is 0.857 bits per heavy atom. The van der Waals surface area contributed by atoms with Crippen LogP contribution in [0.3, 0.4) is 0 Å². The summed E-state index contributed by atoms with van der Waals surface area (Å²) in [5.74, 6) is -0.116. The fraction of sp³-hybridized carbons (Fsp3) is 0.0833. The monoisotopic (exact) mass is 369 g/mol. The predicted octanol–water partition coefficient (Wildman–Crippen LogP) is 5.27. The average Bonchev–Trinajstić information content (AvgIpc) is 2.77. The van der Waals surface area contributed by atoms with Gasteiger partial charge in [0.15, 0.2) is 11.4 Å². The van der Waals surface area contributed by atoms with Gasteiger partial charge in [-0.1, -0.05) is 66.7 Å². The Kier molecular flexibility index (Phi) is 5.02. The molecule has 0 atom stereocenters. The number of carbonyl (C=O) groups is 1. The minimum atomic E-state index is -0.520. The van der Waals surface area contributed by atoms with Crippen molar-refractivity contribution in [2.24, 2.45) is 0 Å². The number of esters is 1. The van der Waals surface area contributed by atoms with Crippen molar-refractivity contribution in [3.05, 3.63) is 96.3 Å². The summed E-state index contributed by atoms with van der Waals surface area (Å²) in [6, 6.07) is 26.0. The summed E-state index contributed by atoms with van der Waals surface area (Å²) in [6.45, 7) is 0.341. The Bertz CT molecular complexity index is 1120. The van der Waals surface area contributed by atoms with Crippen LogP contribution in [0.5, 0.6) is 5.75 Å². The van der Waals surface area contributed by atoms with E-state index in [4.69, 9.17) is 9.47 Å². The molecule has 0 aliphatic carbocycles. The number of pyridine rings is 1. The molecule has 0 saturated carbocycles. The number of hydrogen-bond donors (Lipinski definition) is 0. The number of hydrogen-bond acceptors (Lipinski definition) is 4. The Morgan fingerprint density at radius 3 is 2.39 bits per heavy atom. The maximum absolute atomic E-state index is 12.1. The van der Waals surface area contributed by atoms with Gasteiger partial charge in [0.25, 0.3) is 0 Å². The van der Waals surface area contributed by atoms with Gasteiger partial charge in [-0.25, -0.2) is 9.78 Å². The molecule has 0 aliphatic heterocycles. The highest BCUT2D eigenvalue weighted by atomic mass is 16.5. The fourth-order valence-electron chi connectivity index (χ4n) is 3.07.